The second-order valence-corrected chi connectivity index (χ2v) is 7.34. The van der Waals surface area contributed by atoms with Gasteiger partial charge in [-0.15, -0.1) is 24.0 Å². The highest BCUT2D eigenvalue weighted by molar-refractivity contribution is 14.0. The van der Waals surface area contributed by atoms with Crippen LogP contribution < -0.4 is 16.0 Å². The molecule has 1 fully saturated rings. The topological polar surface area (TPSA) is 78.7 Å². The first-order chi connectivity index (χ1) is 11.4. The summed E-state index contributed by atoms with van der Waals surface area (Å²) < 4.78 is 5.34. The molecule has 0 saturated heterocycles. The Morgan fingerprint density at radius 1 is 1.32 bits per heavy atom. The minimum atomic E-state index is -0.238. The van der Waals surface area contributed by atoms with Gasteiger partial charge in [0.1, 0.15) is 12.3 Å². The molecule has 1 aromatic rings. The maximum absolute atomic E-state index is 12.0. The lowest BCUT2D eigenvalue weighted by molar-refractivity contribution is -0.121. The number of halogens is 1. The third kappa shape index (κ3) is 9.13. The van der Waals surface area contributed by atoms with Crippen LogP contribution in [-0.4, -0.2) is 36.5 Å². The van der Waals surface area contributed by atoms with E-state index in [2.05, 4.69) is 20.9 Å². The Morgan fingerprint density at radius 3 is 2.64 bits per heavy atom. The van der Waals surface area contributed by atoms with Crippen molar-refractivity contribution in [1.82, 2.24) is 16.0 Å². The van der Waals surface area contributed by atoms with E-state index in [-0.39, 0.29) is 42.0 Å². The molecule has 0 bridgehead atoms. The first-order valence-corrected chi connectivity index (χ1v) is 8.80. The fourth-order valence-corrected chi connectivity index (χ4v) is 2.78. The van der Waals surface area contributed by atoms with Gasteiger partial charge in [-0.2, -0.15) is 0 Å². The van der Waals surface area contributed by atoms with Crippen molar-refractivity contribution in [3.63, 3.8) is 0 Å². The van der Waals surface area contributed by atoms with E-state index in [0.717, 1.165) is 25.0 Å². The number of amides is 1. The van der Waals surface area contributed by atoms with E-state index in [1.807, 2.05) is 32.9 Å². The van der Waals surface area contributed by atoms with Crippen LogP contribution in [0.2, 0.25) is 0 Å². The quantitative estimate of drug-likeness (QED) is 0.345. The second kappa shape index (κ2) is 10.7. The Kier molecular flexibility index (Phi) is 9.31. The molecule has 142 valence electrons. The predicted molar refractivity (Wildman–Crippen MR) is 111 cm³/mol. The number of nitrogens with zero attached hydrogens (tertiary/aromatic N) is 1. The molecule has 3 N–H and O–H groups in total. The summed E-state index contributed by atoms with van der Waals surface area (Å²) in [6.07, 6.45) is 7.29. The average Bonchev–Trinajstić information content (AvgIpc) is 3.16. The van der Waals surface area contributed by atoms with Gasteiger partial charge in [0.15, 0.2) is 5.96 Å². The third-order valence-corrected chi connectivity index (χ3v) is 3.84. The second-order valence-electron chi connectivity index (χ2n) is 7.34. The molecule has 0 aromatic carbocycles. The zero-order valence-corrected chi connectivity index (χ0v) is 17.8. The summed E-state index contributed by atoms with van der Waals surface area (Å²) in [5.41, 5.74) is -0.238. The lowest BCUT2D eigenvalue weighted by Crippen LogP contribution is -2.45. The van der Waals surface area contributed by atoms with Gasteiger partial charge in [-0.05, 0) is 45.7 Å². The van der Waals surface area contributed by atoms with Crippen molar-refractivity contribution in [3.05, 3.63) is 24.2 Å². The Bertz CT molecular complexity index is 532. The number of rotatable bonds is 6. The molecule has 0 unspecified atom stereocenters. The number of guanidine groups is 1. The number of hydrogen-bond acceptors (Lipinski definition) is 3. The number of aliphatic imine (C=N–C) groups is 1. The van der Waals surface area contributed by atoms with Gasteiger partial charge >= 0.3 is 0 Å². The molecule has 1 aliphatic carbocycles. The van der Waals surface area contributed by atoms with E-state index in [9.17, 15) is 4.79 Å². The van der Waals surface area contributed by atoms with Gasteiger partial charge in [-0.25, -0.2) is 4.99 Å². The van der Waals surface area contributed by atoms with E-state index < -0.39 is 0 Å². The van der Waals surface area contributed by atoms with Gasteiger partial charge in [0.05, 0.1) is 6.26 Å². The lowest BCUT2D eigenvalue weighted by Gasteiger charge is -2.20. The number of carbonyl (C=O) groups is 1. The summed E-state index contributed by atoms with van der Waals surface area (Å²) in [6.45, 7) is 6.74. The largest absolute Gasteiger partial charge is 0.469 e. The number of furan rings is 1. The van der Waals surface area contributed by atoms with Crippen molar-refractivity contribution in [2.75, 3.05) is 13.1 Å². The SMILES string of the molecule is CC(C)(C)NC(=O)CN=C(NCCc1ccco1)NC1CCCC1.I. The van der Waals surface area contributed by atoms with Crippen molar-refractivity contribution < 1.29 is 9.21 Å². The van der Waals surface area contributed by atoms with E-state index in [0.29, 0.717) is 18.5 Å². The third-order valence-electron chi connectivity index (χ3n) is 3.84. The fourth-order valence-electron chi connectivity index (χ4n) is 2.78. The Labute approximate surface area is 167 Å². The van der Waals surface area contributed by atoms with Gasteiger partial charge in [-0.3, -0.25) is 4.79 Å². The predicted octanol–water partition coefficient (Wildman–Crippen LogP) is 2.83. The molecule has 1 aromatic heterocycles. The molecule has 0 radical (unpaired) electrons. The number of nitrogens with one attached hydrogen (secondary N) is 3. The van der Waals surface area contributed by atoms with Gasteiger partial charge in [0.25, 0.3) is 0 Å². The minimum Gasteiger partial charge on any atom is -0.469 e. The molecular formula is C18H31IN4O2. The molecule has 1 amide bonds. The number of carbonyl (C=O) groups excluding carboxylic acids is 1. The Morgan fingerprint density at radius 2 is 2.04 bits per heavy atom. The average molecular weight is 462 g/mol. The van der Waals surface area contributed by atoms with Crippen molar-refractivity contribution in [3.8, 4) is 0 Å². The standard InChI is InChI=1S/C18H30N4O2.HI/c1-18(2,3)22-16(23)13-20-17(21-14-7-4-5-8-14)19-11-10-15-9-6-12-24-15;/h6,9,12,14H,4-5,7-8,10-11,13H2,1-3H3,(H,22,23)(H2,19,20,21);1H. The van der Waals surface area contributed by atoms with Crippen LogP contribution in [0.25, 0.3) is 0 Å². The molecule has 1 saturated carbocycles. The molecule has 0 atom stereocenters. The van der Waals surface area contributed by atoms with Crippen LogP contribution in [0, 0.1) is 0 Å². The zero-order valence-electron chi connectivity index (χ0n) is 15.4. The Balaban J connectivity index is 0.00000312. The molecule has 25 heavy (non-hydrogen) atoms. The van der Waals surface area contributed by atoms with Gasteiger partial charge in [0, 0.05) is 24.5 Å². The summed E-state index contributed by atoms with van der Waals surface area (Å²) >= 11 is 0. The van der Waals surface area contributed by atoms with Crippen molar-refractivity contribution in [1.29, 1.82) is 0 Å². The van der Waals surface area contributed by atoms with Crippen LogP contribution in [0.4, 0.5) is 0 Å². The normalized spacial score (nSPS) is 15.6. The highest BCUT2D eigenvalue weighted by atomic mass is 127. The summed E-state index contributed by atoms with van der Waals surface area (Å²) in [5.74, 6) is 1.58. The molecule has 1 aliphatic rings. The van der Waals surface area contributed by atoms with Gasteiger partial charge in [0.2, 0.25) is 5.91 Å². The van der Waals surface area contributed by atoms with Gasteiger partial charge in [-0.1, -0.05) is 12.8 Å². The van der Waals surface area contributed by atoms with Crippen molar-refractivity contribution in [2.45, 2.75) is 64.5 Å². The first-order valence-electron chi connectivity index (χ1n) is 8.80. The summed E-state index contributed by atoms with van der Waals surface area (Å²) in [6, 6.07) is 4.29. The molecule has 2 rings (SSSR count). The summed E-state index contributed by atoms with van der Waals surface area (Å²) in [5, 5.41) is 9.67. The van der Waals surface area contributed by atoms with Crippen LogP contribution >= 0.6 is 24.0 Å². The highest BCUT2D eigenvalue weighted by Gasteiger charge is 2.17. The van der Waals surface area contributed by atoms with Crippen molar-refractivity contribution >= 4 is 35.8 Å². The van der Waals surface area contributed by atoms with Crippen LogP contribution in [0.3, 0.4) is 0 Å². The van der Waals surface area contributed by atoms with E-state index in [1.54, 1.807) is 6.26 Å². The molecule has 7 heteroatoms. The highest BCUT2D eigenvalue weighted by Crippen LogP contribution is 2.17. The van der Waals surface area contributed by atoms with Crippen LogP contribution in [0.5, 0.6) is 0 Å². The summed E-state index contributed by atoms with van der Waals surface area (Å²) in [4.78, 5) is 16.4. The zero-order chi connectivity index (χ0) is 17.4. The molecule has 1 heterocycles. The van der Waals surface area contributed by atoms with Crippen LogP contribution in [-0.2, 0) is 11.2 Å². The molecule has 0 aliphatic heterocycles. The fraction of sp³-hybridized carbons (Fsp3) is 0.667. The maximum atomic E-state index is 12.0. The molecule has 6 nitrogen and oxygen atoms in total. The smallest absolute Gasteiger partial charge is 0.242 e. The monoisotopic (exact) mass is 462 g/mol. The van der Waals surface area contributed by atoms with Gasteiger partial charge < -0.3 is 20.4 Å². The number of hydrogen-bond donors (Lipinski definition) is 3. The molecule has 0 spiro atoms. The Hall–Kier alpha value is -1.25. The minimum absolute atomic E-state index is 0. The van der Waals surface area contributed by atoms with E-state index in [4.69, 9.17) is 4.42 Å². The maximum Gasteiger partial charge on any atom is 0.242 e. The first kappa shape index (κ1) is 21.8. The molecular weight excluding hydrogens is 431 g/mol. The van der Waals surface area contributed by atoms with E-state index in [1.165, 1.54) is 12.8 Å². The van der Waals surface area contributed by atoms with Crippen molar-refractivity contribution in [2.24, 2.45) is 4.99 Å². The lowest BCUT2D eigenvalue weighted by atomic mass is 10.1. The van der Waals surface area contributed by atoms with E-state index >= 15 is 0 Å². The summed E-state index contributed by atoms with van der Waals surface area (Å²) in [7, 11) is 0. The van der Waals surface area contributed by atoms with Crippen LogP contribution in [0.1, 0.15) is 52.2 Å². The van der Waals surface area contributed by atoms with Crippen LogP contribution in [0.15, 0.2) is 27.8 Å².